The first-order chi connectivity index (χ1) is 17.8. The molecule has 3 saturated heterocycles. The highest BCUT2D eigenvalue weighted by atomic mass is 16.3. The van der Waals surface area contributed by atoms with Crippen LogP contribution in [0.1, 0.15) is 36.6 Å². The zero-order chi connectivity index (χ0) is 24.3. The number of oxazole rings is 1. The number of rotatable bonds is 7. The molecule has 1 unspecified atom stereocenters. The highest BCUT2D eigenvalue weighted by Gasteiger charge is 2.36. The number of nitrogens with zero attached hydrogens (tertiary/aromatic N) is 6. The highest BCUT2D eigenvalue weighted by molar-refractivity contribution is 6.04. The van der Waals surface area contributed by atoms with E-state index in [-0.39, 0.29) is 0 Å². The summed E-state index contributed by atoms with van der Waals surface area (Å²) in [7, 11) is 0. The Morgan fingerprint density at radius 1 is 1.03 bits per heavy atom. The second-order valence-corrected chi connectivity index (χ2v) is 9.92. The zero-order valence-electron chi connectivity index (χ0n) is 20.6. The summed E-state index contributed by atoms with van der Waals surface area (Å²) in [4.78, 5) is 19.0. The fourth-order valence-electron chi connectivity index (χ4n) is 5.73. The number of benzene rings is 1. The Balaban J connectivity index is 0.000000228. The molecular formula is C27H34N8O. The summed E-state index contributed by atoms with van der Waals surface area (Å²) in [5.41, 5.74) is 9.82. The van der Waals surface area contributed by atoms with Gasteiger partial charge in [0.05, 0.1) is 12.7 Å². The minimum absolute atomic E-state index is 0.609. The molecule has 5 aromatic rings. The van der Waals surface area contributed by atoms with Crippen molar-refractivity contribution in [3.8, 4) is 0 Å². The van der Waals surface area contributed by atoms with Gasteiger partial charge in [0.2, 0.25) is 0 Å². The molecule has 0 radical (unpaired) electrons. The second kappa shape index (κ2) is 10.3. The minimum Gasteiger partial charge on any atom is -0.441 e. The Bertz CT molecular complexity index is 1380. The molecule has 9 nitrogen and oxygen atoms in total. The summed E-state index contributed by atoms with van der Waals surface area (Å²) in [6.07, 6.45) is 17.8. The number of nitrogens with two attached hydrogens (primary N) is 1. The monoisotopic (exact) mass is 486 g/mol. The Kier molecular flexibility index (Phi) is 6.57. The van der Waals surface area contributed by atoms with Gasteiger partial charge in [-0.25, -0.2) is 15.0 Å². The Hall–Kier alpha value is -3.43. The van der Waals surface area contributed by atoms with Gasteiger partial charge in [-0.3, -0.25) is 0 Å². The number of aromatic nitrogens is 6. The lowest BCUT2D eigenvalue weighted by atomic mass is 9.75. The molecule has 36 heavy (non-hydrogen) atoms. The Labute approximate surface area is 210 Å². The SMILES string of the molecule is NCCCn1ccnc1.c1cn(CCc2nc3c(ccc4[nH]cc(C5CN6CCC5CC6)c43)o2)cn1. The molecule has 8 rings (SSSR count). The normalized spacial score (nSPS) is 21.2. The maximum Gasteiger partial charge on any atom is 0.197 e. The van der Waals surface area contributed by atoms with Crippen LogP contribution in [-0.2, 0) is 19.5 Å². The molecule has 188 valence electrons. The molecule has 3 aliphatic heterocycles. The second-order valence-electron chi connectivity index (χ2n) is 9.92. The van der Waals surface area contributed by atoms with E-state index in [1.165, 1.54) is 48.9 Å². The first kappa shape index (κ1) is 23.0. The molecule has 1 atom stereocenters. The van der Waals surface area contributed by atoms with Crippen LogP contribution in [0.5, 0.6) is 0 Å². The molecule has 0 aliphatic carbocycles. The van der Waals surface area contributed by atoms with Crippen LogP contribution in [-0.4, -0.2) is 60.1 Å². The van der Waals surface area contributed by atoms with Gasteiger partial charge >= 0.3 is 0 Å². The summed E-state index contributed by atoms with van der Waals surface area (Å²) >= 11 is 0. The molecule has 7 heterocycles. The van der Waals surface area contributed by atoms with E-state index in [2.05, 4.69) is 36.7 Å². The number of H-pyrrole nitrogens is 1. The standard InChI is InChI=1S/C21H23N5O.C6H11N3/c1-2-18-21(24-19(27-18)5-9-26-10-6-22-13-26)20-15(11-23-17(1)20)16-12-25-7-3-14(16)4-8-25;7-2-1-4-9-5-3-8-6-9/h1-2,6,10-11,13-14,16,23H,3-5,7-9,12H2;3,5-6H,1-2,4,7H2. The van der Waals surface area contributed by atoms with Crippen molar-refractivity contribution < 1.29 is 4.42 Å². The largest absolute Gasteiger partial charge is 0.441 e. The van der Waals surface area contributed by atoms with E-state index < -0.39 is 0 Å². The highest BCUT2D eigenvalue weighted by Crippen LogP contribution is 2.42. The topological polar surface area (TPSA) is 107 Å². The molecule has 2 bridgehead atoms. The zero-order valence-corrected chi connectivity index (χ0v) is 20.6. The third-order valence-electron chi connectivity index (χ3n) is 7.66. The van der Waals surface area contributed by atoms with Gasteiger partial charge in [-0.2, -0.15) is 0 Å². The molecule has 0 spiro atoms. The quantitative estimate of drug-likeness (QED) is 0.363. The van der Waals surface area contributed by atoms with Crippen molar-refractivity contribution in [2.24, 2.45) is 11.7 Å². The number of imidazole rings is 2. The van der Waals surface area contributed by atoms with Crippen molar-refractivity contribution in [2.45, 2.75) is 44.7 Å². The fourth-order valence-corrected chi connectivity index (χ4v) is 5.73. The van der Waals surface area contributed by atoms with Crippen molar-refractivity contribution >= 4 is 22.0 Å². The maximum absolute atomic E-state index is 6.08. The molecule has 1 aromatic carbocycles. The summed E-state index contributed by atoms with van der Waals surface area (Å²) < 4.78 is 10.2. The number of aryl methyl sites for hydroxylation is 3. The van der Waals surface area contributed by atoms with Gasteiger partial charge in [0.25, 0.3) is 0 Å². The van der Waals surface area contributed by atoms with Crippen molar-refractivity contribution in [3.63, 3.8) is 0 Å². The number of piperidine rings is 3. The summed E-state index contributed by atoms with van der Waals surface area (Å²) in [6.45, 7) is 6.27. The van der Waals surface area contributed by atoms with Crippen LogP contribution in [0, 0.1) is 5.92 Å². The smallest absolute Gasteiger partial charge is 0.197 e. The first-order valence-corrected chi connectivity index (χ1v) is 13.0. The summed E-state index contributed by atoms with van der Waals surface area (Å²) in [6, 6.07) is 4.18. The van der Waals surface area contributed by atoms with E-state index in [1.807, 2.05) is 29.4 Å². The number of fused-ring (bicyclic) bond motifs is 6. The van der Waals surface area contributed by atoms with Crippen LogP contribution < -0.4 is 5.73 Å². The van der Waals surface area contributed by atoms with Crippen LogP contribution in [0.4, 0.5) is 0 Å². The summed E-state index contributed by atoms with van der Waals surface area (Å²) in [5.74, 6) is 2.21. The number of aromatic amines is 1. The van der Waals surface area contributed by atoms with E-state index in [9.17, 15) is 0 Å². The lowest BCUT2D eigenvalue weighted by Crippen LogP contribution is -2.46. The molecule has 3 N–H and O–H groups in total. The minimum atomic E-state index is 0.609. The number of nitrogens with one attached hydrogen (secondary N) is 1. The predicted octanol–water partition coefficient (Wildman–Crippen LogP) is 3.79. The molecule has 9 heteroatoms. The number of hydrogen-bond acceptors (Lipinski definition) is 6. The molecule has 0 saturated carbocycles. The van der Waals surface area contributed by atoms with Gasteiger partial charge in [-0.15, -0.1) is 0 Å². The Morgan fingerprint density at radius 3 is 2.47 bits per heavy atom. The van der Waals surface area contributed by atoms with E-state index in [0.29, 0.717) is 5.92 Å². The molecule has 0 amide bonds. The summed E-state index contributed by atoms with van der Waals surface area (Å²) in [5, 5.41) is 1.27. The van der Waals surface area contributed by atoms with Crippen LogP contribution >= 0.6 is 0 Å². The van der Waals surface area contributed by atoms with Crippen molar-refractivity contribution in [1.29, 1.82) is 0 Å². The van der Waals surface area contributed by atoms with Crippen molar-refractivity contribution in [2.75, 3.05) is 26.2 Å². The lowest BCUT2D eigenvalue weighted by molar-refractivity contribution is 0.0877. The molecule has 3 aliphatic rings. The van der Waals surface area contributed by atoms with E-state index in [0.717, 1.165) is 55.4 Å². The molecular weight excluding hydrogens is 452 g/mol. The van der Waals surface area contributed by atoms with Crippen LogP contribution in [0.3, 0.4) is 0 Å². The predicted molar refractivity (Wildman–Crippen MR) is 140 cm³/mol. The fraction of sp³-hybridized carbons (Fsp3) is 0.444. The lowest BCUT2D eigenvalue weighted by Gasteiger charge is -2.44. The first-order valence-electron chi connectivity index (χ1n) is 13.0. The Morgan fingerprint density at radius 2 is 1.81 bits per heavy atom. The number of hydrogen-bond donors (Lipinski definition) is 2. The average Bonchev–Trinajstić information content (AvgIpc) is 3.73. The van der Waals surface area contributed by atoms with Crippen molar-refractivity contribution in [1.82, 2.24) is 34.0 Å². The molecule has 4 aromatic heterocycles. The van der Waals surface area contributed by atoms with E-state index in [4.69, 9.17) is 15.1 Å². The van der Waals surface area contributed by atoms with Crippen molar-refractivity contribution in [3.05, 3.63) is 67.2 Å². The van der Waals surface area contributed by atoms with Gasteiger partial charge in [0.1, 0.15) is 5.52 Å². The van der Waals surface area contributed by atoms with E-state index in [1.54, 1.807) is 18.7 Å². The van der Waals surface area contributed by atoms with E-state index >= 15 is 0 Å². The van der Waals surface area contributed by atoms with Gasteiger partial charge in [0, 0.05) is 73.9 Å². The van der Waals surface area contributed by atoms with Crippen LogP contribution in [0.25, 0.3) is 22.0 Å². The van der Waals surface area contributed by atoms with Gasteiger partial charge in [-0.05, 0) is 62.5 Å². The van der Waals surface area contributed by atoms with Crippen LogP contribution in [0.15, 0.2) is 60.2 Å². The van der Waals surface area contributed by atoms with Gasteiger partial charge < -0.3 is 29.2 Å². The van der Waals surface area contributed by atoms with Gasteiger partial charge in [-0.1, -0.05) is 0 Å². The van der Waals surface area contributed by atoms with Crippen LogP contribution in [0.2, 0.25) is 0 Å². The third kappa shape index (κ3) is 4.68. The average molecular weight is 487 g/mol. The maximum atomic E-state index is 6.08. The molecule has 3 fully saturated rings. The van der Waals surface area contributed by atoms with Gasteiger partial charge in [0.15, 0.2) is 11.5 Å². The third-order valence-corrected chi connectivity index (χ3v) is 7.66.